The Balaban J connectivity index is 1.77. The first kappa shape index (κ1) is 14.6. The molecule has 1 aliphatic rings. The summed E-state index contributed by atoms with van der Waals surface area (Å²) in [5, 5.41) is 18.8. The predicted molar refractivity (Wildman–Crippen MR) is 97.1 cm³/mol. The van der Waals surface area contributed by atoms with Gasteiger partial charge < -0.3 is 9.72 Å². The first-order valence-corrected chi connectivity index (χ1v) is 8.24. The maximum atomic E-state index is 9.68. The van der Waals surface area contributed by atoms with Gasteiger partial charge in [0, 0.05) is 28.9 Å². The molecule has 26 heavy (non-hydrogen) atoms. The number of para-hydroxylation sites is 2. The first-order chi connectivity index (χ1) is 12.8. The fourth-order valence-corrected chi connectivity index (χ4v) is 3.57. The standard InChI is InChI=1S/C20H13N5O/c21-9-13-18(17-10-24-15-3-1-2-4-16(15)25-17)12-5-6-14-11(7-8-23-14)19(12)26-20(13)22/h1-8,10,13,18,22-23H. The zero-order valence-corrected chi connectivity index (χ0v) is 13.6. The van der Waals surface area contributed by atoms with E-state index in [9.17, 15) is 5.26 Å². The topological polar surface area (TPSA) is 98.4 Å². The van der Waals surface area contributed by atoms with Gasteiger partial charge in [-0.3, -0.25) is 10.4 Å². The number of fused-ring (bicyclic) bond motifs is 4. The van der Waals surface area contributed by atoms with E-state index in [-0.39, 0.29) is 5.90 Å². The van der Waals surface area contributed by atoms with Crippen LogP contribution in [-0.2, 0) is 0 Å². The number of aromatic amines is 1. The number of nitrogens with one attached hydrogen (secondary N) is 2. The van der Waals surface area contributed by atoms with Gasteiger partial charge in [-0.25, -0.2) is 4.98 Å². The second-order valence-corrected chi connectivity index (χ2v) is 6.26. The highest BCUT2D eigenvalue weighted by Gasteiger charge is 2.38. The molecule has 4 aromatic rings. The average molecular weight is 339 g/mol. The molecule has 2 N–H and O–H groups in total. The van der Waals surface area contributed by atoms with Crippen molar-refractivity contribution in [1.29, 1.82) is 10.7 Å². The van der Waals surface area contributed by atoms with Crippen LogP contribution >= 0.6 is 0 Å². The Bertz CT molecular complexity index is 1220. The normalized spacial score (nSPS) is 19.1. The molecule has 6 nitrogen and oxygen atoms in total. The van der Waals surface area contributed by atoms with Crippen molar-refractivity contribution in [2.24, 2.45) is 5.92 Å². The summed E-state index contributed by atoms with van der Waals surface area (Å²) in [6.45, 7) is 0. The molecule has 0 radical (unpaired) electrons. The summed E-state index contributed by atoms with van der Waals surface area (Å²) in [7, 11) is 0. The molecule has 2 aromatic heterocycles. The number of aromatic nitrogens is 3. The summed E-state index contributed by atoms with van der Waals surface area (Å²) in [6.07, 6.45) is 3.53. The number of hydrogen-bond donors (Lipinski definition) is 2. The van der Waals surface area contributed by atoms with Crippen LogP contribution in [-0.4, -0.2) is 20.8 Å². The summed E-state index contributed by atoms with van der Waals surface area (Å²) in [4.78, 5) is 12.4. The summed E-state index contributed by atoms with van der Waals surface area (Å²) in [5.41, 5.74) is 4.01. The minimum absolute atomic E-state index is 0.0614. The zero-order valence-electron chi connectivity index (χ0n) is 13.6. The number of hydrogen-bond acceptors (Lipinski definition) is 5. The highest BCUT2D eigenvalue weighted by molar-refractivity contribution is 5.94. The van der Waals surface area contributed by atoms with Crippen LogP contribution in [0.3, 0.4) is 0 Å². The van der Waals surface area contributed by atoms with Gasteiger partial charge in [-0.1, -0.05) is 18.2 Å². The number of ether oxygens (including phenoxy) is 1. The Morgan fingerprint density at radius 3 is 2.81 bits per heavy atom. The van der Waals surface area contributed by atoms with Crippen LogP contribution in [0.15, 0.2) is 54.9 Å². The van der Waals surface area contributed by atoms with Gasteiger partial charge in [0.15, 0.2) is 0 Å². The molecule has 2 unspecified atom stereocenters. The van der Waals surface area contributed by atoms with Crippen molar-refractivity contribution in [3.63, 3.8) is 0 Å². The fourth-order valence-electron chi connectivity index (χ4n) is 3.57. The molecule has 0 saturated carbocycles. The Morgan fingerprint density at radius 1 is 1.12 bits per heavy atom. The average Bonchev–Trinajstić information content (AvgIpc) is 3.16. The summed E-state index contributed by atoms with van der Waals surface area (Å²) < 4.78 is 5.74. The van der Waals surface area contributed by atoms with Gasteiger partial charge in [-0.15, -0.1) is 0 Å². The van der Waals surface area contributed by atoms with Crippen molar-refractivity contribution in [3.8, 4) is 11.8 Å². The molecule has 2 aromatic carbocycles. The Morgan fingerprint density at radius 2 is 1.96 bits per heavy atom. The molecule has 0 aliphatic carbocycles. The van der Waals surface area contributed by atoms with Crippen molar-refractivity contribution in [3.05, 3.63) is 66.1 Å². The summed E-state index contributed by atoms with van der Waals surface area (Å²) in [5.74, 6) is -0.587. The molecule has 3 heterocycles. The van der Waals surface area contributed by atoms with Gasteiger partial charge in [-0.2, -0.15) is 5.26 Å². The fraction of sp³-hybridized carbons (Fsp3) is 0.100. The van der Waals surface area contributed by atoms with E-state index in [1.165, 1.54) is 0 Å². The molecule has 6 heteroatoms. The lowest BCUT2D eigenvalue weighted by Crippen LogP contribution is -2.31. The third kappa shape index (κ3) is 2.01. The highest BCUT2D eigenvalue weighted by atomic mass is 16.5. The van der Waals surface area contributed by atoms with Crippen molar-refractivity contribution in [2.45, 2.75) is 5.92 Å². The van der Waals surface area contributed by atoms with Crippen LogP contribution in [0, 0.1) is 22.7 Å². The van der Waals surface area contributed by atoms with E-state index in [2.05, 4.69) is 16.0 Å². The minimum atomic E-state index is -0.741. The van der Waals surface area contributed by atoms with Crippen molar-refractivity contribution in [2.75, 3.05) is 0 Å². The van der Waals surface area contributed by atoms with Crippen molar-refractivity contribution < 1.29 is 4.74 Å². The van der Waals surface area contributed by atoms with E-state index < -0.39 is 11.8 Å². The number of nitriles is 1. The van der Waals surface area contributed by atoms with E-state index in [4.69, 9.17) is 15.1 Å². The quantitative estimate of drug-likeness (QED) is 0.552. The lowest BCUT2D eigenvalue weighted by atomic mass is 9.81. The maximum absolute atomic E-state index is 9.68. The predicted octanol–water partition coefficient (Wildman–Crippen LogP) is 3.75. The van der Waals surface area contributed by atoms with Crippen molar-refractivity contribution in [1.82, 2.24) is 15.0 Å². The van der Waals surface area contributed by atoms with Gasteiger partial charge in [0.25, 0.3) is 0 Å². The Hall–Kier alpha value is -3.72. The lowest BCUT2D eigenvalue weighted by Gasteiger charge is -2.30. The molecule has 1 aliphatic heterocycles. The molecule has 0 spiro atoms. The van der Waals surface area contributed by atoms with E-state index in [1.807, 2.05) is 48.7 Å². The van der Waals surface area contributed by atoms with Gasteiger partial charge in [0.05, 0.1) is 28.7 Å². The first-order valence-electron chi connectivity index (χ1n) is 8.24. The van der Waals surface area contributed by atoms with Crippen LogP contribution in [0.5, 0.6) is 5.75 Å². The van der Waals surface area contributed by atoms with Crippen LogP contribution in [0.4, 0.5) is 0 Å². The maximum Gasteiger partial charge on any atom is 0.205 e. The van der Waals surface area contributed by atoms with E-state index in [0.717, 1.165) is 27.5 Å². The van der Waals surface area contributed by atoms with Gasteiger partial charge in [0.2, 0.25) is 5.90 Å². The van der Waals surface area contributed by atoms with Crippen LogP contribution in [0.25, 0.3) is 21.9 Å². The Kier molecular flexibility index (Phi) is 3.03. The molecule has 0 bridgehead atoms. The molecular formula is C20H13N5O. The van der Waals surface area contributed by atoms with Crippen LogP contribution < -0.4 is 4.74 Å². The third-order valence-electron chi connectivity index (χ3n) is 4.80. The summed E-state index contributed by atoms with van der Waals surface area (Å²) in [6, 6.07) is 15.6. The lowest BCUT2D eigenvalue weighted by molar-refractivity contribution is 0.452. The molecule has 124 valence electrons. The summed E-state index contributed by atoms with van der Waals surface area (Å²) >= 11 is 0. The second-order valence-electron chi connectivity index (χ2n) is 6.26. The van der Waals surface area contributed by atoms with E-state index >= 15 is 0 Å². The number of rotatable bonds is 1. The molecule has 0 saturated heterocycles. The SMILES string of the molecule is N#CC1C(=N)Oc2c(ccc3[nH]ccc23)C1c1cnc2ccccc2n1. The van der Waals surface area contributed by atoms with Crippen LogP contribution in [0.1, 0.15) is 17.2 Å². The van der Waals surface area contributed by atoms with Crippen molar-refractivity contribution >= 4 is 27.8 Å². The van der Waals surface area contributed by atoms with Gasteiger partial charge >= 0.3 is 0 Å². The zero-order chi connectivity index (χ0) is 17.7. The highest BCUT2D eigenvalue weighted by Crippen LogP contribution is 2.44. The number of benzene rings is 2. The largest absolute Gasteiger partial charge is 0.441 e. The second kappa shape index (κ2) is 5.39. The Labute approximate surface area is 148 Å². The van der Waals surface area contributed by atoms with Gasteiger partial charge in [-0.05, 0) is 24.3 Å². The van der Waals surface area contributed by atoms with Gasteiger partial charge in [0.1, 0.15) is 11.7 Å². The molecular weight excluding hydrogens is 326 g/mol. The monoisotopic (exact) mass is 339 g/mol. The van der Waals surface area contributed by atoms with Crippen LogP contribution in [0.2, 0.25) is 0 Å². The molecule has 2 atom stereocenters. The smallest absolute Gasteiger partial charge is 0.205 e. The number of nitrogens with zero attached hydrogens (tertiary/aromatic N) is 3. The third-order valence-corrected chi connectivity index (χ3v) is 4.80. The number of H-pyrrole nitrogens is 1. The molecule has 5 rings (SSSR count). The molecule has 0 fully saturated rings. The minimum Gasteiger partial charge on any atom is -0.441 e. The van der Waals surface area contributed by atoms with E-state index in [1.54, 1.807) is 6.20 Å². The molecule has 0 amide bonds. The van der Waals surface area contributed by atoms with E-state index in [0.29, 0.717) is 11.4 Å².